The molecule has 2 atom stereocenters. The summed E-state index contributed by atoms with van der Waals surface area (Å²) in [5.74, 6) is -0.778. The molecule has 376 valence electrons. The molecule has 0 aliphatic rings. The maximum absolute atomic E-state index is 12.7. The fraction of sp³-hybridized carbons (Fsp3) is 0.962. The van der Waals surface area contributed by atoms with Crippen LogP contribution in [-0.4, -0.2) is 68.3 Å². The molecule has 0 aliphatic heterocycles. The van der Waals surface area contributed by atoms with E-state index in [1.54, 1.807) is 0 Å². The van der Waals surface area contributed by atoms with E-state index in [1.807, 2.05) is 19.0 Å². The summed E-state index contributed by atoms with van der Waals surface area (Å²) >= 11 is 0. The minimum Gasteiger partial charge on any atom is -0.462 e. The van der Waals surface area contributed by atoms with Gasteiger partial charge in [0.15, 0.2) is 6.10 Å². The second-order valence-corrected chi connectivity index (χ2v) is 20.6. The third-order valence-electron chi connectivity index (χ3n) is 12.4. The van der Waals surface area contributed by atoms with Gasteiger partial charge in [0.05, 0.1) is 13.2 Å². The summed E-state index contributed by atoms with van der Waals surface area (Å²) in [6, 6.07) is 0. The van der Waals surface area contributed by atoms with E-state index in [1.165, 1.54) is 218 Å². The van der Waals surface area contributed by atoms with Gasteiger partial charge in [-0.15, -0.1) is 0 Å². The van der Waals surface area contributed by atoms with E-state index < -0.39 is 26.5 Å². The highest BCUT2D eigenvalue weighted by atomic mass is 31.2. The maximum atomic E-state index is 12.7. The standard InChI is InChI=1S/C53H106NO8P/c1-5-7-9-11-13-15-17-19-21-23-25-26-28-29-31-33-35-37-39-41-43-45-52(55)59-49-51(50-61-63(57,58)60-48-47-54(3)4)62-53(56)46-44-42-40-38-36-34-32-30-27-24-22-20-18-16-14-12-10-8-6-2/h51H,5-50H2,1-4H3,(H,57,58). The molecule has 0 aromatic heterocycles. The van der Waals surface area contributed by atoms with Crippen molar-refractivity contribution in [3.63, 3.8) is 0 Å². The first kappa shape index (κ1) is 62.0. The predicted molar refractivity (Wildman–Crippen MR) is 266 cm³/mol. The van der Waals surface area contributed by atoms with Crippen LogP contribution in [0.25, 0.3) is 0 Å². The van der Waals surface area contributed by atoms with E-state index in [-0.39, 0.29) is 25.6 Å². The van der Waals surface area contributed by atoms with Gasteiger partial charge in [0.1, 0.15) is 6.61 Å². The first-order valence-corrected chi connectivity index (χ1v) is 28.8. The van der Waals surface area contributed by atoms with Gasteiger partial charge in [-0.3, -0.25) is 18.6 Å². The Morgan fingerprint density at radius 2 is 0.714 bits per heavy atom. The number of esters is 2. The Bertz CT molecular complexity index is 1010. The molecule has 0 saturated heterocycles. The molecule has 1 N–H and O–H groups in total. The number of hydrogen-bond acceptors (Lipinski definition) is 8. The van der Waals surface area contributed by atoms with E-state index in [2.05, 4.69) is 13.8 Å². The average molecular weight is 916 g/mol. The second kappa shape index (κ2) is 48.9. The summed E-state index contributed by atoms with van der Waals surface area (Å²) in [6.45, 7) is 4.40. The van der Waals surface area contributed by atoms with Crippen LogP contribution in [-0.2, 0) is 32.7 Å². The molecule has 9 nitrogen and oxygen atoms in total. The Hall–Kier alpha value is -0.990. The van der Waals surface area contributed by atoms with Gasteiger partial charge in [-0.05, 0) is 26.9 Å². The number of hydrogen-bond donors (Lipinski definition) is 1. The minimum atomic E-state index is -4.36. The highest BCUT2D eigenvalue weighted by Crippen LogP contribution is 2.43. The normalized spacial score (nSPS) is 13.1. The molecule has 0 rings (SSSR count). The molecule has 0 amide bonds. The third-order valence-corrected chi connectivity index (χ3v) is 13.4. The number of ether oxygens (including phenoxy) is 2. The molecule has 63 heavy (non-hydrogen) atoms. The molecule has 0 aliphatic carbocycles. The van der Waals surface area contributed by atoms with E-state index >= 15 is 0 Å². The number of carbonyl (C=O) groups is 2. The number of likely N-dealkylation sites (N-methyl/N-ethyl adjacent to an activating group) is 1. The zero-order valence-electron chi connectivity index (χ0n) is 42.3. The molecular formula is C53H106NO8P. The zero-order valence-corrected chi connectivity index (χ0v) is 43.2. The lowest BCUT2D eigenvalue weighted by atomic mass is 10.0. The van der Waals surface area contributed by atoms with Crippen LogP contribution < -0.4 is 0 Å². The topological polar surface area (TPSA) is 112 Å². The number of phosphoric ester groups is 1. The first-order chi connectivity index (χ1) is 30.7. The summed E-state index contributed by atoms with van der Waals surface area (Å²) in [4.78, 5) is 37.3. The van der Waals surface area contributed by atoms with Crippen LogP contribution in [0.1, 0.15) is 284 Å². The first-order valence-electron chi connectivity index (χ1n) is 27.3. The molecular weight excluding hydrogens is 810 g/mol. The van der Waals surface area contributed by atoms with Crippen molar-refractivity contribution in [3.05, 3.63) is 0 Å². The molecule has 0 spiro atoms. The lowest BCUT2D eigenvalue weighted by Crippen LogP contribution is -2.29. The van der Waals surface area contributed by atoms with Gasteiger partial charge >= 0.3 is 19.8 Å². The SMILES string of the molecule is CCCCCCCCCCCCCCCCCCCCCCCC(=O)OCC(COP(=O)(O)OCCN(C)C)OC(=O)CCCCCCCCCCCCCCCCCCCCC. The van der Waals surface area contributed by atoms with E-state index in [0.29, 0.717) is 13.0 Å². The average Bonchev–Trinajstić information content (AvgIpc) is 3.25. The molecule has 0 heterocycles. The van der Waals surface area contributed by atoms with Crippen LogP contribution in [0.15, 0.2) is 0 Å². The van der Waals surface area contributed by atoms with Gasteiger partial charge < -0.3 is 19.3 Å². The minimum absolute atomic E-state index is 0.0130. The quantitative estimate of drug-likeness (QED) is 0.0362. The Kier molecular flexibility index (Phi) is 48.2. The van der Waals surface area contributed by atoms with E-state index in [9.17, 15) is 19.0 Å². The maximum Gasteiger partial charge on any atom is 0.472 e. The van der Waals surface area contributed by atoms with Crippen LogP contribution in [0, 0.1) is 0 Å². The highest BCUT2D eigenvalue weighted by molar-refractivity contribution is 7.47. The summed E-state index contributed by atoms with van der Waals surface area (Å²) in [6.07, 6.45) is 51.6. The molecule has 10 heteroatoms. The van der Waals surface area contributed by atoms with Gasteiger partial charge in [-0.2, -0.15) is 0 Å². The van der Waals surface area contributed by atoms with E-state index in [0.717, 1.165) is 38.5 Å². The number of carbonyl (C=O) groups excluding carboxylic acids is 2. The smallest absolute Gasteiger partial charge is 0.462 e. The molecule has 0 saturated carbocycles. The van der Waals surface area contributed by atoms with Crippen LogP contribution in [0.4, 0.5) is 0 Å². The molecule has 0 aromatic rings. The summed E-state index contributed by atoms with van der Waals surface area (Å²) in [5.41, 5.74) is 0. The Balaban J connectivity index is 4.08. The van der Waals surface area contributed by atoms with Crippen molar-refractivity contribution < 1.29 is 37.6 Å². The van der Waals surface area contributed by atoms with Crippen LogP contribution in [0.2, 0.25) is 0 Å². The van der Waals surface area contributed by atoms with Gasteiger partial charge in [0.25, 0.3) is 0 Å². The third kappa shape index (κ3) is 50.3. The largest absolute Gasteiger partial charge is 0.472 e. The number of unbranched alkanes of at least 4 members (excludes halogenated alkanes) is 38. The van der Waals surface area contributed by atoms with Crippen LogP contribution in [0.3, 0.4) is 0 Å². The van der Waals surface area contributed by atoms with Crippen molar-refractivity contribution in [2.45, 2.75) is 290 Å². The number of nitrogens with zero attached hydrogens (tertiary/aromatic N) is 1. The second-order valence-electron chi connectivity index (χ2n) is 19.1. The fourth-order valence-corrected chi connectivity index (χ4v) is 8.96. The van der Waals surface area contributed by atoms with Gasteiger partial charge in [-0.25, -0.2) is 4.57 Å². The van der Waals surface area contributed by atoms with Crippen LogP contribution >= 0.6 is 7.82 Å². The monoisotopic (exact) mass is 916 g/mol. The Morgan fingerprint density at radius 1 is 0.429 bits per heavy atom. The van der Waals surface area contributed by atoms with Gasteiger partial charge in [0, 0.05) is 19.4 Å². The number of rotatable bonds is 52. The fourth-order valence-electron chi connectivity index (χ4n) is 8.22. The zero-order chi connectivity index (χ0) is 46.2. The van der Waals surface area contributed by atoms with Crippen molar-refractivity contribution >= 4 is 19.8 Å². The van der Waals surface area contributed by atoms with Gasteiger partial charge in [0.2, 0.25) is 0 Å². The van der Waals surface area contributed by atoms with Crippen molar-refractivity contribution in [1.82, 2.24) is 4.90 Å². The summed E-state index contributed by atoms with van der Waals surface area (Å²) in [5, 5.41) is 0. The summed E-state index contributed by atoms with van der Waals surface area (Å²) in [7, 11) is -0.695. The van der Waals surface area contributed by atoms with Crippen molar-refractivity contribution in [3.8, 4) is 0 Å². The Labute approximate surface area is 391 Å². The molecule has 0 bridgehead atoms. The van der Waals surface area contributed by atoms with Gasteiger partial charge in [-0.1, -0.05) is 258 Å². The molecule has 2 unspecified atom stereocenters. The number of phosphoric acid groups is 1. The molecule has 0 fully saturated rings. The Morgan fingerprint density at radius 3 is 1.02 bits per heavy atom. The van der Waals surface area contributed by atoms with Crippen molar-refractivity contribution in [2.24, 2.45) is 0 Å². The predicted octanol–water partition coefficient (Wildman–Crippen LogP) is 16.6. The van der Waals surface area contributed by atoms with E-state index in [4.69, 9.17) is 18.5 Å². The molecule has 0 radical (unpaired) electrons. The highest BCUT2D eigenvalue weighted by Gasteiger charge is 2.26. The molecule has 0 aromatic carbocycles. The lowest BCUT2D eigenvalue weighted by molar-refractivity contribution is -0.161. The lowest BCUT2D eigenvalue weighted by Gasteiger charge is -2.20. The summed E-state index contributed by atoms with van der Waals surface area (Å²) < 4.78 is 33.7. The van der Waals surface area contributed by atoms with Crippen LogP contribution in [0.5, 0.6) is 0 Å². The van der Waals surface area contributed by atoms with Crippen molar-refractivity contribution in [2.75, 3.05) is 40.5 Å². The van der Waals surface area contributed by atoms with Crippen molar-refractivity contribution in [1.29, 1.82) is 0 Å².